The fourth-order valence-corrected chi connectivity index (χ4v) is 1.35. The summed E-state index contributed by atoms with van der Waals surface area (Å²) in [5.41, 5.74) is 1.04. The maximum Gasteiger partial charge on any atom is 0.211 e. The van der Waals surface area contributed by atoms with Gasteiger partial charge in [-0.1, -0.05) is 0 Å². The fourth-order valence-electron chi connectivity index (χ4n) is 1.35. The van der Waals surface area contributed by atoms with E-state index in [4.69, 9.17) is 4.42 Å². The van der Waals surface area contributed by atoms with E-state index < -0.39 is 0 Å². The molecule has 5 heteroatoms. The number of hydrogen-bond donors (Lipinski definition) is 1. The lowest BCUT2D eigenvalue weighted by Gasteiger charge is -2.09. The zero-order valence-electron chi connectivity index (χ0n) is 9.34. The van der Waals surface area contributed by atoms with Gasteiger partial charge in [0.05, 0.1) is 12.2 Å². The van der Waals surface area contributed by atoms with E-state index in [0.29, 0.717) is 12.4 Å². The Morgan fingerprint density at radius 3 is 2.69 bits per heavy atom. The lowest BCUT2D eigenvalue weighted by Crippen LogP contribution is -2.18. The van der Waals surface area contributed by atoms with Crippen molar-refractivity contribution in [2.45, 2.75) is 26.4 Å². The van der Waals surface area contributed by atoms with Gasteiger partial charge in [-0.05, 0) is 13.8 Å². The summed E-state index contributed by atoms with van der Waals surface area (Å²) in [5.74, 6) is 1.53. The third kappa shape index (κ3) is 2.64. The highest BCUT2D eigenvalue weighted by Gasteiger charge is 2.10. The molecular formula is C11H14N4O. The van der Waals surface area contributed by atoms with Gasteiger partial charge in [-0.25, -0.2) is 15.0 Å². The first kappa shape index (κ1) is 10.8. The Bertz CT molecular complexity index is 440. The van der Waals surface area contributed by atoms with Gasteiger partial charge in [0.1, 0.15) is 12.1 Å². The Kier molecular flexibility index (Phi) is 3.26. The van der Waals surface area contributed by atoms with Crippen LogP contribution in [0.3, 0.4) is 0 Å². The van der Waals surface area contributed by atoms with Crippen molar-refractivity contribution in [1.82, 2.24) is 20.3 Å². The minimum Gasteiger partial charge on any atom is -0.444 e. The normalized spacial score (nSPS) is 12.6. The summed E-state index contributed by atoms with van der Waals surface area (Å²) >= 11 is 0. The maximum absolute atomic E-state index is 5.43. The summed E-state index contributed by atoms with van der Waals surface area (Å²) < 4.78 is 5.43. The molecular weight excluding hydrogens is 204 g/mol. The molecule has 2 heterocycles. The minimum absolute atomic E-state index is 0.0777. The summed E-state index contributed by atoms with van der Waals surface area (Å²) in [4.78, 5) is 12.1. The van der Waals surface area contributed by atoms with Crippen LogP contribution in [0.25, 0.3) is 0 Å². The molecule has 1 N–H and O–H groups in total. The highest BCUT2D eigenvalue weighted by molar-refractivity contribution is 5.03. The van der Waals surface area contributed by atoms with Gasteiger partial charge in [0.25, 0.3) is 0 Å². The van der Waals surface area contributed by atoms with Gasteiger partial charge in [-0.3, -0.25) is 0 Å². The van der Waals surface area contributed by atoms with E-state index >= 15 is 0 Å². The molecule has 2 rings (SSSR count). The van der Waals surface area contributed by atoms with Gasteiger partial charge in [0, 0.05) is 24.5 Å². The van der Waals surface area contributed by atoms with E-state index in [9.17, 15) is 0 Å². The first-order valence-electron chi connectivity index (χ1n) is 5.15. The van der Waals surface area contributed by atoms with Crippen molar-refractivity contribution in [3.8, 4) is 0 Å². The molecule has 0 aromatic carbocycles. The quantitative estimate of drug-likeness (QED) is 0.844. The first-order valence-corrected chi connectivity index (χ1v) is 5.15. The summed E-state index contributed by atoms with van der Waals surface area (Å²) in [6.07, 6.45) is 6.81. The Morgan fingerprint density at radius 1 is 1.31 bits per heavy atom. The van der Waals surface area contributed by atoms with Crippen molar-refractivity contribution in [3.63, 3.8) is 0 Å². The second-order valence-corrected chi connectivity index (χ2v) is 3.66. The number of nitrogens with one attached hydrogen (secondary N) is 1. The van der Waals surface area contributed by atoms with Crippen LogP contribution in [0.5, 0.6) is 0 Å². The molecule has 2 aromatic heterocycles. The van der Waals surface area contributed by atoms with Crippen molar-refractivity contribution in [1.29, 1.82) is 0 Å². The molecule has 0 amide bonds. The first-order chi connectivity index (χ1) is 7.75. The van der Waals surface area contributed by atoms with Gasteiger partial charge in [0.2, 0.25) is 5.89 Å². The molecule has 0 saturated heterocycles. The molecule has 5 nitrogen and oxygen atoms in total. The Labute approximate surface area is 94.0 Å². The number of oxazole rings is 1. The zero-order valence-corrected chi connectivity index (χ0v) is 9.34. The number of aromatic nitrogens is 3. The van der Waals surface area contributed by atoms with Gasteiger partial charge >= 0.3 is 0 Å². The van der Waals surface area contributed by atoms with Gasteiger partial charge in [-0.15, -0.1) is 0 Å². The van der Waals surface area contributed by atoms with Crippen molar-refractivity contribution < 1.29 is 4.42 Å². The number of rotatable bonds is 4. The van der Waals surface area contributed by atoms with E-state index in [2.05, 4.69) is 20.3 Å². The van der Waals surface area contributed by atoms with Gasteiger partial charge < -0.3 is 9.73 Å². The Balaban J connectivity index is 1.91. The van der Waals surface area contributed by atoms with E-state index in [0.717, 1.165) is 11.3 Å². The molecule has 0 saturated carbocycles. The van der Waals surface area contributed by atoms with Crippen LogP contribution in [0, 0.1) is 6.92 Å². The van der Waals surface area contributed by atoms with E-state index in [1.54, 1.807) is 18.6 Å². The molecule has 1 unspecified atom stereocenters. The predicted molar refractivity (Wildman–Crippen MR) is 58.5 cm³/mol. The van der Waals surface area contributed by atoms with Gasteiger partial charge in [-0.2, -0.15) is 0 Å². The number of nitrogens with zero attached hydrogens (tertiary/aromatic N) is 3. The molecule has 0 aliphatic carbocycles. The average molecular weight is 218 g/mol. The van der Waals surface area contributed by atoms with Crippen LogP contribution in [0.15, 0.2) is 29.3 Å². The SMILES string of the molecule is Cc1cnc(C(C)NCc2cncnc2)o1. The molecule has 84 valence electrons. The van der Waals surface area contributed by atoms with Crippen LogP contribution >= 0.6 is 0 Å². The highest BCUT2D eigenvalue weighted by Crippen LogP contribution is 2.12. The third-order valence-electron chi connectivity index (χ3n) is 2.24. The van der Waals surface area contributed by atoms with Crippen LogP contribution in [0.2, 0.25) is 0 Å². The standard InChI is InChI=1S/C11H14N4O/c1-8-3-15-11(16-8)9(2)14-6-10-4-12-7-13-5-10/h3-5,7,9,14H,6H2,1-2H3. The smallest absolute Gasteiger partial charge is 0.211 e. The minimum atomic E-state index is 0.0777. The molecule has 0 bridgehead atoms. The summed E-state index contributed by atoms with van der Waals surface area (Å²) in [5, 5.41) is 3.29. The Morgan fingerprint density at radius 2 is 2.06 bits per heavy atom. The van der Waals surface area contributed by atoms with Crippen molar-refractivity contribution >= 4 is 0 Å². The summed E-state index contributed by atoms with van der Waals surface area (Å²) in [7, 11) is 0. The summed E-state index contributed by atoms with van der Waals surface area (Å²) in [6.45, 7) is 4.59. The van der Waals surface area contributed by atoms with Crippen LogP contribution in [-0.2, 0) is 6.54 Å². The molecule has 0 aliphatic rings. The second kappa shape index (κ2) is 4.85. The highest BCUT2D eigenvalue weighted by atomic mass is 16.4. The lowest BCUT2D eigenvalue weighted by molar-refractivity contribution is 0.402. The Hall–Kier alpha value is -1.75. The molecule has 0 spiro atoms. The van der Waals surface area contributed by atoms with E-state index in [1.165, 1.54) is 6.33 Å². The zero-order chi connectivity index (χ0) is 11.4. The number of hydrogen-bond acceptors (Lipinski definition) is 5. The number of aryl methyl sites for hydroxylation is 1. The van der Waals surface area contributed by atoms with Gasteiger partial charge in [0.15, 0.2) is 0 Å². The fraction of sp³-hybridized carbons (Fsp3) is 0.364. The largest absolute Gasteiger partial charge is 0.444 e. The van der Waals surface area contributed by atoms with Crippen LogP contribution in [0.1, 0.15) is 30.2 Å². The van der Waals surface area contributed by atoms with E-state index in [-0.39, 0.29) is 6.04 Å². The monoisotopic (exact) mass is 218 g/mol. The molecule has 0 aliphatic heterocycles. The van der Waals surface area contributed by atoms with Crippen molar-refractivity contribution in [3.05, 3.63) is 42.1 Å². The maximum atomic E-state index is 5.43. The van der Waals surface area contributed by atoms with Crippen LogP contribution in [-0.4, -0.2) is 15.0 Å². The van der Waals surface area contributed by atoms with Crippen molar-refractivity contribution in [2.24, 2.45) is 0 Å². The predicted octanol–water partition coefficient (Wildman–Crippen LogP) is 1.62. The molecule has 1 atom stereocenters. The average Bonchev–Trinajstić information content (AvgIpc) is 2.74. The molecule has 2 aromatic rings. The third-order valence-corrected chi connectivity index (χ3v) is 2.24. The molecule has 0 radical (unpaired) electrons. The van der Waals surface area contributed by atoms with Crippen LogP contribution < -0.4 is 5.32 Å². The van der Waals surface area contributed by atoms with Crippen molar-refractivity contribution in [2.75, 3.05) is 0 Å². The molecule has 16 heavy (non-hydrogen) atoms. The topological polar surface area (TPSA) is 63.8 Å². The van der Waals surface area contributed by atoms with E-state index in [1.807, 2.05) is 13.8 Å². The second-order valence-electron chi connectivity index (χ2n) is 3.66. The van der Waals surface area contributed by atoms with Crippen LogP contribution in [0.4, 0.5) is 0 Å². The molecule has 0 fully saturated rings. The summed E-state index contributed by atoms with van der Waals surface area (Å²) in [6, 6.07) is 0.0777. The lowest BCUT2D eigenvalue weighted by atomic mass is 10.3.